The van der Waals surface area contributed by atoms with Crippen molar-refractivity contribution in [3.63, 3.8) is 0 Å². The lowest BCUT2D eigenvalue weighted by Gasteiger charge is -2.32. The highest BCUT2D eigenvalue weighted by Gasteiger charge is 2.31. The third kappa shape index (κ3) is 7.35. The molecule has 0 radical (unpaired) electrons. The van der Waals surface area contributed by atoms with E-state index in [1.54, 1.807) is 56.3 Å². The van der Waals surface area contributed by atoms with Crippen molar-refractivity contribution < 1.29 is 18.0 Å². The first-order valence-electron chi connectivity index (χ1n) is 10.9. The van der Waals surface area contributed by atoms with Crippen molar-refractivity contribution in [1.82, 2.24) is 10.2 Å². The van der Waals surface area contributed by atoms with E-state index in [4.69, 9.17) is 23.2 Å². The standard InChI is InChI=1S/C24H31Cl2N3O4S/c1-6-17(3)27-24(31)18(4)28(14-19-9-7-8-10-21(19)26)23(30)15-29(34(5,32)33)22-12-11-20(25)13-16(22)2/h7-13,17-18H,6,14-15H2,1-5H3,(H,27,31)/t17-,18+/m1/s1. The summed E-state index contributed by atoms with van der Waals surface area (Å²) in [6.45, 7) is 6.72. The maximum Gasteiger partial charge on any atom is 0.244 e. The van der Waals surface area contributed by atoms with Crippen LogP contribution in [0.25, 0.3) is 0 Å². The van der Waals surface area contributed by atoms with E-state index in [0.29, 0.717) is 26.9 Å². The van der Waals surface area contributed by atoms with Crippen molar-refractivity contribution in [2.45, 2.75) is 52.7 Å². The van der Waals surface area contributed by atoms with Crippen LogP contribution in [0.15, 0.2) is 42.5 Å². The molecule has 0 spiro atoms. The summed E-state index contributed by atoms with van der Waals surface area (Å²) >= 11 is 12.3. The van der Waals surface area contributed by atoms with Gasteiger partial charge in [-0.3, -0.25) is 13.9 Å². The molecule has 1 N–H and O–H groups in total. The number of amides is 2. The smallest absolute Gasteiger partial charge is 0.244 e. The van der Waals surface area contributed by atoms with Crippen molar-refractivity contribution in [2.75, 3.05) is 17.1 Å². The van der Waals surface area contributed by atoms with Crippen LogP contribution in [0, 0.1) is 6.92 Å². The number of hydrogen-bond acceptors (Lipinski definition) is 4. The molecule has 2 aromatic rings. The van der Waals surface area contributed by atoms with E-state index in [1.165, 1.54) is 4.90 Å². The summed E-state index contributed by atoms with van der Waals surface area (Å²) in [4.78, 5) is 27.8. The molecule has 0 aliphatic heterocycles. The first-order valence-corrected chi connectivity index (χ1v) is 13.5. The molecule has 10 heteroatoms. The number of aryl methyl sites for hydroxylation is 1. The summed E-state index contributed by atoms with van der Waals surface area (Å²) < 4.78 is 26.3. The highest BCUT2D eigenvalue weighted by molar-refractivity contribution is 7.92. The third-order valence-electron chi connectivity index (χ3n) is 5.57. The molecule has 2 amide bonds. The Hall–Kier alpha value is -2.29. The fraction of sp³-hybridized carbons (Fsp3) is 0.417. The molecule has 0 heterocycles. The molecule has 0 saturated heterocycles. The third-order valence-corrected chi connectivity index (χ3v) is 7.30. The van der Waals surface area contributed by atoms with Crippen molar-refractivity contribution in [1.29, 1.82) is 0 Å². The van der Waals surface area contributed by atoms with E-state index >= 15 is 0 Å². The van der Waals surface area contributed by atoms with Crippen molar-refractivity contribution in [3.05, 3.63) is 63.6 Å². The SMILES string of the molecule is CC[C@@H](C)NC(=O)[C@H](C)N(Cc1ccccc1Cl)C(=O)CN(c1ccc(Cl)cc1C)S(C)(=O)=O. The van der Waals surface area contributed by atoms with E-state index in [0.717, 1.165) is 17.0 Å². The minimum atomic E-state index is -3.82. The number of rotatable bonds is 10. The lowest BCUT2D eigenvalue weighted by molar-refractivity contribution is -0.139. The topological polar surface area (TPSA) is 86.8 Å². The predicted molar refractivity (Wildman–Crippen MR) is 138 cm³/mol. The molecule has 2 rings (SSSR count). The minimum Gasteiger partial charge on any atom is -0.352 e. The van der Waals surface area contributed by atoms with Gasteiger partial charge < -0.3 is 10.2 Å². The molecule has 2 aromatic carbocycles. The van der Waals surface area contributed by atoms with Gasteiger partial charge in [0.05, 0.1) is 11.9 Å². The van der Waals surface area contributed by atoms with Crippen LogP contribution in [0.4, 0.5) is 5.69 Å². The maximum atomic E-state index is 13.5. The average molecular weight is 529 g/mol. The largest absolute Gasteiger partial charge is 0.352 e. The molecule has 0 fully saturated rings. The van der Waals surface area contributed by atoms with E-state index in [2.05, 4.69) is 5.32 Å². The predicted octanol–water partition coefficient (Wildman–Crippen LogP) is 4.40. The Balaban J connectivity index is 2.43. The summed E-state index contributed by atoms with van der Waals surface area (Å²) in [6.07, 6.45) is 1.76. The van der Waals surface area contributed by atoms with E-state index < -0.39 is 28.5 Å². The monoisotopic (exact) mass is 527 g/mol. The molecule has 0 aromatic heterocycles. The zero-order valence-electron chi connectivity index (χ0n) is 20.0. The summed E-state index contributed by atoms with van der Waals surface area (Å²) in [5.41, 5.74) is 1.59. The summed E-state index contributed by atoms with van der Waals surface area (Å²) in [5.74, 6) is -0.866. The molecule has 0 aliphatic carbocycles. The number of benzene rings is 2. The normalized spacial score (nSPS) is 13.1. The average Bonchev–Trinajstić information content (AvgIpc) is 2.76. The van der Waals surface area contributed by atoms with Gasteiger partial charge in [0.25, 0.3) is 0 Å². The molecule has 0 unspecified atom stereocenters. The number of carbonyl (C=O) groups excluding carboxylic acids is 2. The summed E-state index contributed by atoms with van der Waals surface area (Å²) in [5, 5.41) is 3.79. The minimum absolute atomic E-state index is 0.0464. The Labute approximate surface area is 212 Å². The van der Waals surface area contributed by atoms with Crippen LogP contribution in [0.2, 0.25) is 10.0 Å². The maximum absolute atomic E-state index is 13.5. The number of nitrogens with zero attached hydrogens (tertiary/aromatic N) is 2. The number of anilines is 1. The second kappa shape index (κ2) is 11.9. The van der Waals surface area contributed by atoms with E-state index in [9.17, 15) is 18.0 Å². The van der Waals surface area contributed by atoms with Crippen LogP contribution in [-0.4, -0.2) is 50.0 Å². The number of sulfonamides is 1. The zero-order valence-corrected chi connectivity index (χ0v) is 22.3. The highest BCUT2D eigenvalue weighted by atomic mass is 35.5. The van der Waals surface area contributed by atoms with Gasteiger partial charge in [0.15, 0.2) is 0 Å². The van der Waals surface area contributed by atoms with Gasteiger partial charge in [0.1, 0.15) is 12.6 Å². The fourth-order valence-corrected chi connectivity index (χ4v) is 4.68. The Morgan fingerprint density at radius 2 is 1.74 bits per heavy atom. The Morgan fingerprint density at radius 1 is 1.09 bits per heavy atom. The van der Waals surface area contributed by atoms with Gasteiger partial charge in [-0.15, -0.1) is 0 Å². The first kappa shape index (κ1) is 28.0. The molecule has 2 atom stereocenters. The van der Waals surface area contributed by atoms with Crippen molar-refractivity contribution >= 4 is 50.7 Å². The number of nitrogens with one attached hydrogen (secondary N) is 1. The van der Waals surface area contributed by atoms with Gasteiger partial charge in [-0.2, -0.15) is 0 Å². The van der Waals surface area contributed by atoms with Crippen LogP contribution in [-0.2, 0) is 26.2 Å². The van der Waals surface area contributed by atoms with Crippen LogP contribution >= 0.6 is 23.2 Å². The number of carbonyl (C=O) groups is 2. The molecule has 7 nitrogen and oxygen atoms in total. The quantitative estimate of drug-likeness (QED) is 0.495. The molecule has 186 valence electrons. The number of halogens is 2. The Kier molecular flexibility index (Phi) is 9.79. The van der Waals surface area contributed by atoms with Gasteiger partial charge >= 0.3 is 0 Å². The second-order valence-electron chi connectivity index (χ2n) is 8.31. The van der Waals surface area contributed by atoms with Crippen LogP contribution in [0.5, 0.6) is 0 Å². The molecular formula is C24H31Cl2N3O4S. The van der Waals surface area contributed by atoms with Crippen LogP contribution in [0.1, 0.15) is 38.3 Å². The van der Waals surface area contributed by atoms with Crippen molar-refractivity contribution in [2.24, 2.45) is 0 Å². The molecular weight excluding hydrogens is 497 g/mol. The van der Waals surface area contributed by atoms with Gasteiger partial charge in [0.2, 0.25) is 21.8 Å². The van der Waals surface area contributed by atoms with Gasteiger partial charge in [-0.1, -0.05) is 48.3 Å². The van der Waals surface area contributed by atoms with Crippen LogP contribution in [0.3, 0.4) is 0 Å². The lowest BCUT2D eigenvalue weighted by atomic mass is 10.1. The molecule has 0 bridgehead atoms. The van der Waals surface area contributed by atoms with E-state index in [1.807, 2.05) is 13.8 Å². The zero-order chi connectivity index (χ0) is 25.6. The Morgan fingerprint density at radius 3 is 2.29 bits per heavy atom. The lowest BCUT2D eigenvalue weighted by Crippen LogP contribution is -2.52. The second-order valence-corrected chi connectivity index (χ2v) is 11.1. The Bertz CT molecular complexity index is 1140. The van der Waals surface area contributed by atoms with Gasteiger partial charge in [-0.25, -0.2) is 8.42 Å². The fourth-order valence-electron chi connectivity index (χ4n) is 3.35. The molecule has 34 heavy (non-hydrogen) atoms. The number of hydrogen-bond donors (Lipinski definition) is 1. The highest BCUT2D eigenvalue weighted by Crippen LogP contribution is 2.26. The van der Waals surface area contributed by atoms with Gasteiger partial charge in [-0.05, 0) is 62.6 Å². The first-order chi connectivity index (χ1) is 15.8. The molecule has 0 aliphatic rings. The summed E-state index contributed by atoms with van der Waals surface area (Å²) in [7, 11) is -3.82. The van der Waals surface area contributed by atoms with E-state index in [-0.39, 0.29) is 18.5 Å². The van der Waals surface area contributed by atoms with Crippen molar-refractivity contribution in [3.8, 4) is 0 Å². The summed E-state index contributed by atoms with van der Waals surface area (Å²) in [6, 6.07) is 10.8. The van der Waals surface area contributed by atoms with Gasteiger partial charge in [0, 0.05) is 22.6 Å². The molecule has 0 saturated carbocycles. The van der Waals surface area contributed by atoms with Crippen LogP contribution < -0.4 is 9.62 Å².